The molecule has 2 bridgehead atoms. The van der Waals surface area contributed by atoms with E-state index in [0.717, 1.165) is 17.5 Å². The summed E-state index contributed by atoms with van der Waals surface area (Å²) in [5.74, 6) is 2.15. The van der Waals surface area contributed by atoms with Crippen LogP contribution < -0.4 is 15.5 Å². The minimum atomic E-state index is -3.67. The molecule has 5 rings (SSSR count). The molecule has 1 aromatic rings. The van der Waals surface area contributed by atoms with Gasteiger partial charge in [0, 0.05) is 32.2 Å². The SMILES string of the molecule is C[C@H](NCC(=O)Nc1cc(S(=O)(=O)N2CCOCC2)ccc1N1CCOCC1)[C@@H]1C[C@H]2CC[C@H]1C2. The zero-order valence-corrected chi connectivity index (χ0v) is 21.4. The maximum atomic E-state index is 13.2. The molecule has 2 saturated carbocycles. The molecule has 2 N–H and O–H groups in total. The zero-order chi connectivity index (χ0) is 24.4. The lowest BCUT2D eigenvalue weighted by molar-refractivity contribution is -0.115. The first-order valence-corrected chi connectivity index (χ1v) is 14.4. The average Bonchev–Trinajstić information content (AvgIpc) is 3.52. The number of benzene rings is 1. The maximum absolute atomic E-state index is 13.2. The van der Waals surface area contributed by atoms with Gasteiger partial charge in [0.05, 0.1) is 49.2 Å². The van der Waals surface area contributed by atoms with Crippen molar-refractivity contribution < 1.29 is 22.7 Å². The second-order valence-corrected chi connectivity index (χ2v) is 12.3. The average molecular weight is 507 g/mol. The number of hydrogen-bond donors (Lipinski definition) is 2. The summed E-state index contributed by atoms with van der Waals surface area (Å²) in [6.07, 6.45) is 5.29. The van der Waals surface area contributed by atoms with Gasteiger partial charge in [-0.05, 0) is 62.1 Å². The van der Waals surface area contributed by atoms with Crippen LogP contribution in [0.15, 0.2) is 23.1 Å². The second-order valence-electron chi connectivity index (χ2n) is 10.4. The first-order valence-electron chi connectivity index (χ1n) is 13.0. The van der Waals surface area contributed by atoms with Gasteiger partial charge in [0.25, 0.3) is 0 Å². The number of fused-ring (bicyclic) bond motifs is 2. The van der Waals surface area contributed by atoms with Crippen LogP contribution in [-0.2, 0) is 24.3 Å². The number of amides is 1. The van der Waals surface area contributed by atoms with E-state index in [2.05, 4.69) is 22.5 Å². The number of nitrogens with one attached hydrogen (secondary N) is 2. The van der Waals surface area contributed by atoms with Crippen LogP contribution in [0, 0.1) is 17.8 Å². The molecule has 0 aromatic heterocycles. The summed E-state index contributed by atoms with van der Waals surface area (Å²) in [5.41, 5.74) is 1.35. The van der Waals surface area contributed by atoms with Crippen LogP contribution in [0.3, 0.4) is 0 Å². The number of carbonyl (C=O) groups excluding carboxylic acids is 1. The highest BCUT2D eigenvalue weighted by molar-refractivity contribution is 7.89. The molecule has 9 nitrogen and oxygen atoms in total. The van der Waals surface area contributed by atoms with Crippen LogP contribution in [-0.4, -0.2) is 83.8 Å². The van der Waals surface area contributed by atoms with Crippen LogP contribution in [0.25, 0.3) is 0 Å². The van der Waals surface area contributed by atoms with Crippen molar-refractivity contribution in [2.24, 2.45) is 17.8 Å². The molecule has 194 valence electrons. The van der Waals surface area contributed by atoms with E-state index in [1.54, 1.807) is 18.2 Å². The Morgan fingerprint density at radius 2 is 1.77 bits per heavy atom. The van der Waals surface area contributed by atoms with Crippen LogP contribution in [0.5, 0.6) is 0 Å². The lowest BCUT2D eigenvalue weighted by Gasteiger charge is -2.31. The van der Waals surface area contributed by atoms with Gasteiger partial charge in [-0.1, -0.05) is 6.42 Å². The highest BCUT2D eigenvalue weighted by Crippen LogP contribution is 2.49. The molecule has 2 heterocycles. The fourth-order valence-electron chi connectivity index (χ4n) is 6.30. The molecular weight excluding hydrogens is 468 g/mol. The molecule has 0 spiro atoms. The first kappa shape index (κ1) is 25.0. The Bertz CT molecular complexity index is 1010. The van der Waals surface area contributed by atoms with Gasteiger partial charge in [0.2, 0.25) is 15.9 Å². The third-order valence-corrected chi connectivity index (χ3v) is 10.1. The highest BCUT2D eigenvalue weighted by Gasteiger charge is 2.41. The van der Waals surface area contributed by atoms with E-state index in [0.29, 0.717) is 70.3 Å². The number of carbonyl (C=O) groups is 1. The van der Waals surface area contributed by atoms with Gasteiger partial charge < -0.3 is 25.0 Å². The summed E-state index contributed by atoms with van der Waals surface area (Å²) < 4.78 is 38.7. The van der Waals surface area contributed by atoms with Gasteiger partial charge in [0.15, 0.2) is 0 Å². The Morgan fingerprint density at radius 3 is 2.43 bits per heavy atom. The lowest BCUT2D eigenvalue weighted by Crippen LogP contribution is -2.41. The number of ether oxygens (including phenoxy) is 2. The standard InChI is InChI=1S/C25H38N4O5S/c1-18(22-15-19-2-3-20(22)14-19)26-17-25(30)27-23-16-21(35(31,32)29-8-12-34-13-9-29)4-5-24(23)28-6-10-33-11-7-28/h4-5,16,18-20,22,26H,2-3,6-15,17H2,1H3,(H,27,30)/t18-,19-,20-,22-/m0/s1. The van der Waals surface area contributed by atoms with Gasteiger partial charge in [0.1, 0.15) is 0 Å². The summed E-state index contributed by atoms with van der Waals surface area (Å²) in [6.45, 7) is 6.43. The van der Waals surface area contributed by atoms with Crippen molar-refractivity contribution >= 4 is 27.3 Å². The number of rotatable bonds is 8. The molecule has 2 aliphatic carbocycles. The molecule has 0 unspecified atom stereocenters. The molecule has 2 saturated heterocycles. The third kappa shape index (κ3) is 5.51. The number of nitrogens with zero attached hydrogens (tertiary/aromatic N) is 2. The summed E-state index contributed by atoms with van der Waals surface area (Å²) in [7, 11) is -3.67. The first-order chi connectivity index (χ1) is 16.9. The molecule has 10 heteroatoms. The molecule has 2 aliphatic heterocycles. The second kappa shape index (κ2) is 10.7. The van der Waals surface area contributed by atoms with E-state index in [1.807, 2.05) is 0 Å². The van der Waals surface area contributed by atoms with E-state index in [4.69, 9.17) is 9.47 Å². The quantitative estimate of drug-likeness (QED) is 0.555. The molecule has 0 radical (unpaired) electrons. The third-order valence-electron chi connectivity index (χ3n) is 8.22. The zero-order valence-electron chi connectivity index (χ0n) is 20.6. The van der Waals surface area contributed by atoms with Crippen molar-refractivity contribution in [1.82, 2.24) is 9.62 Å². The maximum Gasteiger partial charge on any atom is 0.243 e. The normalized spacial score (nSPS) is 28.3. The van der Waals surface area contributed by atoms with E-state index < -0.39 is 10.0 Å². The largest absolute Gasteiger partial charge is 0.379 e. The van der Waals surface area contributed by atoms with Crippen molar-refractivity contribution in [3.63, 3.8) is 0 Å². The predicted molar refractivity (Wildman–Crippen MR) is 134 cm³/mol. The van der Waals surface area contributed by atoms with Crippen LogP contribution in [0.4, 0.5) is 11.4 Å². The van der Waals surface area contributed by atoms with Gasteiger partial charge in [-0.2, -0.15) is 4.31 Å². The van der Waals surface area contributed by atoms with E-state index in [9.17, 15) is 13.2 Å². The number of morpholine rings is 2. The number of hydrogen-bond acceptors (Lipinski definition) is 7. The molecule has 35 heavy (non-hydrogen) atoms. The number of sulfonamides is 1. The van der Waals surface area contributed by atoms with E-state index >= 15 is 0 Å². The Balaban J connectivity index is 1.30. The van der Waals surface area contributed by atoms with Gasteiger partial charge in [-0.15, -0.1) is 0 Å². The topological polar surface area (TPSA) is 100 Å². The van der Waals surface area contributed by atoms with E-state index in [1.165, 1.54) is 30.0 Å². The lowest BCUT2D eigenvalue weighted by atomic mass is 9.84. The smallest absolute Gasteiger partial charge is 0.243 e. The molecule has 4 atom stereocenters. The summed E-state index contributed by atoms with van der Waals surface area (Å²) in [6, 6.07) is 5.34. The summed E-state index contributed by atoms with van der Waals surface area (Å²) >= 11 is 0. The molecule has 1 aromatic carbocycles. The highest BCUT2D eigenvalue weighted by atomic mass is 32.2. The van der Waals surface area contributed by atoms with Crippen LogP contribution >= 0.6 is 0 Å². The number of anilines is 2. The Kier molecular flexibility index (Phi) is 7.64. The van der Waals surface area contributed by atoms with Gasteiger partial charge in [-0.25, -0.2) is 8.42 Å². The molecule has 1 amide bonds. The molecule has 4 fully saturated rings. The minimum Gasteiger partial charge on any atom is -0.379 e. The Morgan fingerprint density at radius 1 is 1.06 bits per heavy atom. The Labute approximate surface area is 208 Å². The molecular formula is C25H38N4O5S. The predicted octanol–water partition coefficient (Wildman–Crippen LogP) is 1.90. The minimum absolute atomic E-state index is 0.157. The van der Waals surface area contributed by atoms with Crippen molar-refractivity contribution in [3.8, 4) is 0 Å². The molecule has 4 aliphatic rings. The van der Waals surface area contributed by atoms with Crippen molar-refractivity contribution in [2.45, 2.75) is 43.5 Å². The van der Waals surface area contributed by atoms with Crippen molar-refractivity contribution in [3.05, 3.63) is 18.2 Å². The van der Waals surface area contributed by atoms with Gasteiger partial charge in [-0.3, -0.25) is 4.79 Å². The monoisotopic (exact) mass is 506 g/mol. The van der Waals surface area contributed by atoms with Crippen molar-refractivity contribution in [1.29, 1.82) is 0 Å². The fraction of sp³-hybridized carbons (Fsp3) is 0.720. The van der Waals surface area contributed by atoms with E-state index in [-0.39, 0.29) is 17.3 Å². The fourth-order valence-corrected chi connectivity index (χ4v) is 7.73. The summed E-state index contributed by atoms with van der Waals surface area (Å²) in [5, 5.41) is 6.45. The van der Waals surface area contributed by atoms with Gasteiger partial charge >= 0.3 is 0 Å². The van der Waals surface area contributed by atoms with Crippen molar-refractivity contribution in [2.75, 3.05) is 69.4 Å². The Hall–Kier alpha value is -1.72. The summed E-state index contributed by atoms with van der Waals surface area (Å²) in [4.78, 5) is 15.3. The van der Waals surface area contributed by atoms with Crippen LogP contribution in [0.2, 0.25) is 0 Å². The van der Waals surface area contributed by atoms with Crippen LogP contribution in [0.1, 0.15) is 32.6 Å².